The van der Waals surface area contributed by atoms with Crippen molar-refractivity contribution >= 4 is 23.1 Å². The average Bonchev–Trinajstić information content (AvgIpc) is 3.03. The van der Waals surface area contributed by atoms with Gasteiger partial charge >= 0.3 is 0 Å². The van der Waals surface area contributed by atoms with Crippen LogP contribution in [0.15, 0.2) is 90.1 Å². The van der Waals surface area contributed by atoms with Gasteiger partial charge in [-0.2, -0.15) is 0 Å². The minimum Gasteiger partial charge on any atom is -0.494 e. The van der Waals surface area contributed by atoms with E-state index in [1.165, 1.54) is 0 Å². The first-order valence-corrected chi connectivity index (χ1v) is 13.1. The molecule has 0 bridgehead atoms. The van der Waals surface area contributed by atoms with Crippen LogP contribution in [0.4, 0.5) is 11.4 Å². The van der Waals surface area contributed by atoms with E-state index >= 15 is 0 Å². The van der Waals surface area contributed by atoms with E-state index in [1.54, 1.807) is 4.90 Å². The van der Waals surface area contributed by atoms with Crippen LogP contribution in [-0.4, -0.2) is 18.3 Å². The summed E-state index contributed by atoms with van der Waals surface area (Å²) < 4.78 is 5.90. The van der Waals surface area contributed by atoms with Crippen LogP contribution < -0.4 is 15.0 Å². The fraction of sp³-hybridized carbons (Fsp3) is 0.312. The number of nitrogens with one attached hydrogen (secondary N) is 1. The van der Waals surface area contributed by atoms with Gasteiger partial charge in [0.05, 0.1) is 24.0 Å². The average molecular weight is 495 g/mol. The molecule has 5 rings (SSSR count). The topological polar surface area (TPSA) is 58.6 Å². The maximum atomic E-state index is 14.2. The minimum atomic E-state index is -0.563. The molecule has 1 amide bonds. The Kier molecular flexibility index (Phi) is 6.88. The van der Waals surface area contributed by atoms with Gasteiger partial charge in [-0.3, -0.25) is 14.5 Å². The lowest BCUT2D eigenvalue weighted by molar-refractivity contribution is -0.118. The number of nitrogens with zero attached hydrogens (tertiary/aromatic N) is 1. The van der Waals surface area contributed by atoms with Gasteiger partial charge in [-0.1, -0.05) is 69.7 Å². The number of hydrogen-bond donors (Lipinski definition) is 1. The van der Waals surface area contributed by atoms with Gasteiger partial charge in [0.1, 0.15) is 5.75 Å². The second-order valence-electron chi connectivity index (χ2n) is 10.7. The largest absolute Gasteiger partial charge is 0.494 e. The number of para-hydroxylation sites is 2. The molecular weight excluding hydrogens is 460 g/mol. The summed E-state index contributed by atoms with van der Waals surface area (Å²) in [4.78, 5) is 29.8. The molecule has 3 aromatic rings. The van der Waals surface area contributed by atoms with Crippen molar-refractivity contribution < 1.29 is 14.3 Å². The van der Waals surface area contributed by atoms with Crippen LogP contribution in [0.1, 0.15) is 68.4 Å². The number of amides is 1. The normalized spacial score (nSPS) is 18.4. The van der Waals surface area contributed by atoms with Gasteiger partial charge < -0.3 is 10.1 Å². The molecule has 2 aliphatic rings. The number of unbranched alkanes of at least 4 members (excludes halogenated alkanes) is 1. The summed E-state index contributed by atoms with van der Waals surface area (Å²) in [6.45, 7) is 7.05. The van der Waals surface area contributed by atoms with Crippen LogP contribution >= 0.6 is 0 Å². The smallest absolute Gasteiger partial charge is 0.259 e. The number of ketones is 1. The molecule has 1 heterocycles. The number of anilines is 2. The molecule has 190 valence electrons. The van der Waals surface area contributed by atoms with E-state index in [2.05, 4.69) is 26.1 Å². The molecule has 3 aromatic carbocycles. The Hall–Kier alpha value is -3.86. The number of carbonyl (C=O) groups is 2. The number of fused-ring (bicyclic) bond motifs is 1. The molecule has 5 nitrogen and oxygen atoms in total. The summed E-state index contributed by atoms with van der Waals surface area (Å²) in [7, 11) is 0. The Morgan fingerprint density at radius 3 is 2.41 bits per heavy atom. The lowest BCUT2D eigenvalue weighted by Crippen LogP contribution is -2.39. The Labute approximate surface area is 219 Å². The number of carbonyl (C=O) groups excluding carboxylic acids is 2. The van der Waals surface area contributed by atoms with Gasteiger partial charge in [0.25, 0.3) is 5.91 Å². The fourth-order valence-corrected chi connectivity index (χ4v) is 5.33. The van der Waals surface area contributed by atoms with Crippen molar-refractivity contribution in [3.8, 4) is 5.75 Å². The van der Waals surface area contributed by atoms with Gasteiger partial charge in [0, 0.05) is 23.3 Å². The standard InChI is InChI=1S/C32H34N2O3/c1-4-5-19-37-24-17-15-22(16-18-24)30-29-26(20-32(2,3)21-28(29)35)33-25-13-9-10-14-27(25)34(30)31(36)23-11-7-6-8-12-23/h6-18,30,33H,4-5,19-21H2,1-3H3/t30-/m0/s1. The van der Waals surface area contributed by atoms with Crippen LogP contribution in [-0.2, 0) is 4.79 Å². The van der Waals surface area contributed by atoms with E-state index in [0.717, 1.165) is 47.6 Å². The molecule has 0 spiro atoms. The molecule has 0 unspecified atom stereocenters. The Balaban J connectivity index is 1.68. The monoisotopic (exact) mass is 494 g/mol. The third kappa shape index (κ3) is 5.04. The molecule has 0 radical (unpaired) electrons. The van der Waals surface area contributed by atoms with E-state index in [1.807, 2.05) is 78.9 Å². The van der Waals surface area contributed by atoms with E-state index in [0.29, 0.717) is 24.2 Å². The molecule has 1 atom stereocenters. The minimum absolute atomic E-state index is 0.0747. The third-order valence-corrected chi connectivity index (χ3v) is 7.10. The molecule has 0 saturated heterocycles. The Morgan fingerprint density at radius 2 is 1.68 bits per heavy atom. The second kappa shape index (κ2) is 10.3. The lowest BCUT2D eigenvalue weighted by atomic mass is 9.73. The molecule has 0 saturated carbocycles. The third-order valence-electron chi connectivity index (χ3n) is 7.10. The van der Waals surface area contributed by atoms with Crippen molar-refractivity contribution in [1.82, 2.24) is 0 Å². The summed E-state index contributed by atoms with van der Waals surface area (Å²) in [5, 5.41) is 3.57. The summed E-state index contributed by atoms with van der Waals surface area (Å²) in [6.07, 6.45) is 3.22. The highest BCUT2D eigenvalue weighted by atomic mass is 16.5. The van der Waals surface area contributed by atoms with Crippen molar-refractivity contribution in [3.05, 3.63) is 101 Å². The number of allylic oxidation sites excluding steroid dienone is 1. The Morgan fingerprint density at radius 1 is 0.973 bits per heavy atom. The summed E-state index contributed by atoms with van der Waals surface area (Å²) in [5.74, 6) is 0.718. The van der Waals surface area contributed by atoms with Crippen molar-refractivity contribution in [2.45, 2.75) is 52.5 Å². The molecule has 5 heteroatoms. The van der Waals surface area contributed by atoms with Crippen LogP contribution in [0.5, 0.6) is 5.75 Å². The maximum Gasteiger partial charge on any atom is 0.259 e. The summed E-state index contributed by atoms with van der Waals surface area (Å²) in [5.41, 5.74) is 4.43. The van der Waals surface area contributed by atoms with E-state index in [-0.39, 0.29) is 17.1 Å². The molecule has 0 aromatic heterocycles. The highest BCUT2D eigenvalue weighted by molar-refractivity contribution is 6.12. The number of ether oxygens (including phenoxy) is 1. The molecule has 1 aliphatic heterocycles. The van der Waals surface area contributed by atoms with E-state index in [9.17, 15) is 9.59 Å². The number of benzene rings is 3. The van der Waals surface area contributed by atoms with Crippen LogP contribution in [0.2, 0.25) is 0 Å². The van der Waals surface area contributed by atoms with Crippen molar-refractivity contribution in [2.24, 2.45) is 5.41 Å². The lowest BCUT2D eigenvalue weighted by Gasteiger charge is -2.37. The highest BCUT2D eigenvalue weighted by Gasteiger charge is 2.43. The predicted octanol–water partition coefficient (Wildman–Crippen LogP) is 7.32. The molecule has 1 aliphatic carbocycles. The summed E-state index contributed by atoms with van der Waals surface area (Å²) in [6, 6.07) is 24.4. The predicted molar refractivity (Wildman–Crippen MR) is 148 cm³/mol. The van der Waals surface area contributed by atoms with Crippen molar-refractivity contribution in [1.29, 1.82) is 0 Å². The maximum absolute atomic E-state index is 14.2. The highest BCUT2D eigenvalue weighted by Crippen LogP contribution is 2.48. The molecule has 1 N–H and O–H groups in total. The van der Waals surface area contributed by atoms with Gasteiger partial charge in [-0.05, 0) is 60.2 Å². The fourth-order valence-electron chi connectivity index (χ4n) is 5.33. The zero-order chi connectivity index (χ0) is 26.0. The van der Waals surface area contributed by atoms with Gasteiger partial charge in [0.2, 0.25) is 0 Å². The number of Topliss-reactive ketones (excluding diaryl/α,β-unsaturated/α-hetero) is 1. The zero-order valence-corrected chi connectivity index (χ0v) is 21.8. The van der Waals surface area contributed by atoms with E-state index in [4.69, 9.17) is 4.74 Å². The number of hydrogen-bond acceptors (Lipinski definition) is 4. The Bertz CT molecular complexity index is 1330. The van der Waals surface area contributed by atoms with Crippen LogP contribution in [0.25, 0.3) is 0 Å². The van der Waals surface area contributed by atoms with Gasteiger partial charge in [0.15, 0.2) is 5.78 Å². The summed E-state index contributed by atoms with van der Waals surface area (Å²) >= 11 is 0. The van der Waals surface area contributed by atoms with Crippen molar-refractivity contribution in [3.63, 3.8) is 0 Å². The van der Waals surface area contributed by atoms with Gasteiger partial charge in [-0.15, -0.1) is 0 Å². The quantitative estimate of drug-likeness (QED) is 0.365. The molecule has 0 fully saturated rings. The van der Waals surface area contributed by atoms with Crippen LogP contribution in [0.3, 0.4) is 0 Å². The van der Waals surface area contributed by atoms with E-state index < -0.39 is 6.04 Å². The second-order valence-corrected chi connectivity index (χ2v) is 10.7. The first kappa shape index (κ1) is 24.8. The van der Waals surface area contributed by atoms with Crippen molar-refractivity contribution in [2.75, 3.05) is 16.8 Å². The first-order chi connectivity index (χ1) is 17.9. The number of rotatable bonds is 6. The van der Waals surface area contributed by atoms with Crippen LogP contribution in [0, 0.1) is 5.41 Å². The van der Waals surface area contributed by atoms with Gasteiger partial charge in [-0.25, -0.2) is 0 Å². The molecular formula is C32H34N2O3. The first-order valence-electron chi connectivity index (χ1n) is 13.1. The zero-order valence-electron chi connectivity index (χ0n) is 21.8. The molecule has 37 heavy (non-hydrogen) atoms. The SMILES string of the molecule is CCCCOc1ccc([C@H]2C3=C(CC(C)(C)CC3=O)Nc3ccccc3N2C(=O)c2ccccc2)cc1.